The molecule has 0 bridgehead atoms. The largest absolute Gasteiger partial charge is 0.448 e. The number of amides is 1. The number of hydrogen-bond donors (Lipinski definition) is 2. The number of aryl methyl sites for hydroxylation is 1. The molecule has 5 nitrogen and oxygen atoms in total. The topological polar surface area (TPSA) is 67.2 Å². The molecule has 2 N–H and O–H groups in total. The van der Waals surface area contributed by atoms with Gasteiger partial charge in [-0.1, -0.05) is 0 Å². The van der Waals surface area contributed by atoms with E-state index < -0.39 is 0 Å². The Kier molecular flexibility index (Phi) is 1.82. The van der Waals surface area contributed by atoms with E-state index in [0.717, 1.165) is 13.1 Å². The lowest BCUT2D eigenvalue weighted by Crippen LogP contribution is -2.33. The van der Waals surface area contributed by atoms with Gasteiger partial charge in [0.1, 0.15) is 5.76 Å². The van der Waals surface area contributed by atoms with Crippen LogP contribution in [0.25, 0.3) is 0 Å². The highest BCUT2D eigenvalue weighted by Gasteiger charge is 2.53. The maximum Gasteiger partial charge on any atom is 0.273 e. The summed E-state index contributed by atoms with van der Waals surface area (Å²) in [5.74, 6) is 1.72. The molecule has 3 rings (SSSR count). The molecule has 2 aliphatic rings. The van der Waals surface area contributed by atoms with Gasteiger partial charge < -0.3 is 15.1 Å². The van der Waals surface area contributed by atoms with Gasteiger partial charge in [-0.3, -0.25) is 4.79 Å². The molecular formula is C10H13N3O2. The summed E-state index contributed by atoms with van der Waals surface area (Å²) in [4.78, 5) is 15.7. The van der Waals surface area contributed by atoms with Gasteiger partial charge in [0, 0.05) is 19.1 Å². The van der Waals surface area contributed by atoms with Gasteiger partial charge in [0.2, 0.25) is 0 Å². The molecule has 2 unspecified atom stereocenters. The molecule has 1 aromatic rings. The van der Waals surface area contributed by atoms with Crippen LogP contribution in [0.5, 0.6) is 0 Å². The average molecular weight is 207 g/mol. The number of piperidine rings is 1. The molecule has 5 heteroatoms. The third-order valence-corrected chi connectivity index (χ3v) is 3.35. The normalized spacial score (nSPS) is 32.5. The van der Waals surface area contributed by atoms with Crippen LogP contribution in [-0.2, 0) is 0 Å². The molecule has 2 heterocycles. The van der Waals surface area contributed by atoms with Crippen molar-refractivity contribution < 1.29 is 9.21 Å². The number of nitrogens with zero attached hydrogens (tertiary/aromatic N) is 1. The Balaban J connectivity index is 1.65. The number of nitrogens with one attached hydrogen (secondary N) is 2. The van der Waals surface area contributed by atoms with Crippen LogP contribution in [0, 0.1) is 18.8 Å². The van der Waals surface area contributed by atoms with Crippen LogP contribution in [0.4, 0.5) is 0 Å². The monoisotopic (exact) mass is 207 g/mol. The first-order chi connectivity index (χ1) is 7.27. The van der Waals surface area contributed by atoms with Crippen molar-refractivity contribution in [1.29, 1.82) is 0 Å². The molecular weight excluding hydrogens is 194 g/mol. The van der Waals surface area contributed by atoms with Gasteiger partial charge in [0.15, 0.2) is 12.1 Å². The van der Waals surface area contributed by atoms with E-state index in [2.05, 4.69) is 15.6 Å². The van der Waals surface area contributed by atoms with Crippen LogP contribution in [-0.4, -0.2) is 30.0 Å². The minimum Gasteiger partial charge on any atom is -0.448 e. The first-order valence-electron chi connectivity index (χ1n) is 5.19. The zero-order valence-electron chi connectivity index (χ0n) is 8.49. The summed E-state index contributed by atoms with van der Waals surface area (Å²) in [6, 6.07) is 0.342. The molecule has 1 saturated heterocycles. The molecule has 15 heavy (non-hydrogen) atoms. The van der Waals surface area contributed by atoms with Crippen LogP contribution < -0.4 is 10.6 Å². The smallest absolute Gasteiger partial charge is 0.273 e. The second-order valence-electron chi connectivity index (χ2n) is 4.24. The maximum atomic E-state index is 11.8. The van der Waals surface area contributed by atoms with Gasteiger partial charge in [0.25, 0.3) is 5.91 Å². The second-order valence-corrected chi connectivity index (χ2v) is 4.24. The Hall–Kier alpha value is -1.36. The van der Waals surface area contributed by atoms with Crippen molar-refractivity contribution in [2.75, 3.05) is 13.1 Å². The predicted molar refractivity (Wildman–Crippen MR) is 52.3 cm³/mol. The zero-order chi connectivity index (χ0) is 10.4. The fourth-order valence-corrected chi connectivity index (χ4v) is 2.38. The predicted octanol–water partition coefficient (Wildman–Crippen LogP) is -0.0694. The van der Waals surface area contributed by atoms with E-state index in [1.54, 1.807) is 6.92 Å². The standard InChI is InChI=1S/C10H13N3O2/c1-5-8(12-4-15-5)10(14)13-9-6-2-11-3-7(6)9/h4,6-7,9,11H,2-3H2,1H3,(H,13,14). The fourth-order valence-electron chi connectivity index (χ4n) is 2.38. The number of hydrogen-bond acceptors (Lipinski definition) is 4. The molecule has 0 radical (unpaired) electrons. The maximum absolute atomic E-state index is 11.8. The molecule has 80 valence electrons. The lowest BCUT2D eigenvalue weighted by Gasteiger charge is -2.05. The van der Waals surface area contributed by atoms with E-state index in [0.29, 0.717) is 29.3 Å². The molecule has 1 amide bonds. The van der Waals surface area contributed by atoms with Crippen molar-refractivity contribution >= 4 is 5.91 Å². The Morgan fingerprint density at radius 1 is 1.60 bits per heavy atom. The zero-order valence-corrected chi connectivity index (χ0v) is 8.49. The molecule has 1 aromatic heterocycles. The lowest BCUT2D eigenvalue weighted by atomic mass is 10.3. The third-order valence-electron chi connectivity index (χ3n) is 3.35. The summed E-state index contributed by atoms with van der Waals surface area (Å²) in [5.41, 5.74) is 0.410. The van der Waals surface area contributed by atoms with E-state index in [-0.39, 0.29) is 5.91 Å². The summed E-state index contributed by atoms with van der Waals surface area (Å²) in [6.45, 7) is 3.79. The molecule has 1 saturated carbocycles. The van der Waals surface area contributed by atoms with Gasteiger partial charge in [0.05, 0.1) is 0 Å². The summed E-state index contributed by atoms with van der Waals surface area (Å²) >= 11 is 0. The number of oxazole rings is 1. The second kappa shape index (κ2) is 3.06. The number of fused-ring (bicyclic) bond motifs is 1. The van der Waals surface area contributed by atoms with E-state index in [1.807, 2.05) is 0 Å². The first kappa shape index (κ1) is 8.91. The van der Waals surface area contributed by atoms with Gasteiger partial charge in [-0.2, -0.15) is 0 Å². The highest BCUT2D eigenvalue weighted by molar-refractivity contribution is 5.93. The van der Waals surface area contributed by atoms with Gasteiger partial charge in [-0.25, -0.2) is 4.98 Å². The number of aromatic nitrogens is 1. The van der Waals surface area contributed by atoms with Crippen LogP contribution in [0.1, 0.15) is 16.2 Å². The van der Waals surface area contributed by atoms with Gasteiger partial charge >= 0.3 is 0 Å². The molecule has 1 aliphatic carbocycles. The van der Waals surface area contributed by atoms with Crippen molar-refractivity contribution in [3.05, 3.63) is 17.8 Å². The summed E-state index contributed by atoms with van der Waals surface area (Å²) in [7, 11) is 0. The summed E-state index contributed by atoms with van der Waals surface area (Å²) < 4.78 is 5.00. The van der Waals surface area contributed by atoms with Crippen LogP contribution in [0.2, 0.25) is 0 Å². The number of rotatable bonds is 2. The molecule has 2 fully saturated rings. The molecule has 0 spiro atoms. The summed E-state index contributed by atoms with van der Waals surface area (Å²) in [5, 5.41) is 6.28. The SMILES string of the molecule is Cc1ocnc1C(=O)NC1C2CNCC21. The Morgan fingerprint density at radius 3 is 2.93 bits per heavy atom. The van der Waals surface area contributed by atoms with Crippen LogP contribution in [0.3, 0.4) is 0 Å². The van der Waals surface area contributed by atoms with Crippen molar-refractivity contribution in [1.82, 2.24) is 15.6 Å². The fraction of sp³-hybridized carbons (Fsp3) is 0.600. The molecule has 0 aromatic carbocycles. The Labute approximate surface area is 87.2 Å². The van der Waals surface area contributed by atoms with Crippen molar-refractivity contribution in [2.45, 2.75) is 13.0 Å². The average Bonchev–Trinajstić information content (AvgIpc) is 2.66. The Bertz CT molecular complexity index is 391. The van der Waals surface area contributed by atoms with E-state index >= 15 is 0 Å². The van der Waals surface area contributed by atoms with Crippen molar-refractivity contribution in [2.24, 2.45) is 11.8 Å². The third kappa shape index (κ3) is 1.34. The molecule has 2 atom stereocenters. The van der Waals surface area contributed by atoms with Crippen LogP contribution >= 0.6 is 0 Å². The van der Waals surface area contributed by atoms with Crippen molar-refractivity contribution in [3.8, 4) is 0 Å². The lowest BCUT2D eigenvalue weighted by molar-refractivity contribution is 0.0940. The number of carbonyl (C=O) groups is 1. The number of carbonyl (C=O) groups excluding carboxylic acids is 1. The first-order valence-corrected chi connectivity index (χ1v) is 5.19. The highest BCUT2D eigenvalue weighted by atomic mass is 16.3. The quantitative estimate of drug-likeness (QED) is 0.712. The van der Waals surface area contributed by atoms with Gasteiger partial charge in [-0.15, -0.1) is 0 Å². The van der Waals surface area contributed by atoms with E-state index in [9.17, 15) is 4.79 Å². The minimum absolute atomic E-state index is 0.111. The van der Waals surface area contributed by atoms with E-state index in [4.69, 9.17) is 4.42 Å². The van der Waals surface area contributed by atoms with E-state index in [1.165, 1.54) is 6.39 Å². The Morgan fingerprint density at radius 2 is 2.33 bits per heavy atom. The highest BCUT2D eigenvalue weighted by Crippen LogP contribution is 2.41. The minimum atomic E-state index is -0.111. The van der Waals surface area contributed by atoms with Crippen LogP contribution in [0.15, 0.2) is 10.8 Å². The van der Waals surface area contributed by atoms with Gasteiger partial charge in [-0.05, 0) is 18.8 Å². The van der Waals surface area contributed by atoms with Crippen molar-refractivity contribution in [3.63, 3.8) is 0 Å². The molecule has 1 aliphatic heterocycles. The summed E-state index contributed by atoms with van der Waals surface area (Å²) in [6.07, 6.45) is 1.31.